The van der Waals surface area contributed by atoms with Crippen molar-refractivity contribution in [2.24, 2.45) is 5.92 Å². The van der Waals surface area contributed by atoms with Crippen LogP contribution in [0.15, 0.2) is 0 Å². The molecule has 0 spiro atoms. The fourth-order valence-electron chi connectivity index (χ4n) is 2.32. The first-order chi connectivity index (χ1) is 7.20. The van der Waals surface area contributed by atoms with E-state index < -0.39 is 5.97 Å². The molecule has 2 unspecified atom stereocenters. The van der Waals surface area contributed by atoms with Crippen LogP contribution in [0.5, 0.6) is 0 Å². The summed E-state index contributed by atoms with van der Waals surface area (Å²) in [6, 6.07) is 0.612. The molecule has 0 radical (unpaired) electrons. The second kappa shape index (κ2) is 6.83. The molecule has 15 heavy (non-hydrogen) atoms. The fraction of sp³-hybridized carbons (Fsp3) is 0.917. The van der Waals surface area contributed by atoms with E-state index in [1.54, 1.807) is 0 Å². The highest BCUT2D eigenvalue weighted by atomic mass is 16.4. The van der Waals surface area contributed by atoms with Gasteiger partial charge in [0.25, 0.3) is 0 Å². The molecule has 0 saturated heterocycles. The summed E-state index contributed by atoms with van der Waals surface area (Å²) in [7, 11) is 0. The number of carbonyl (C=O) groups is 1. The number of nitrogens with one attached hydrogen (secondary N) is 1. The average Bonchev–Trinajstić information content (AvgIpc) is 2.38. The average molecular weight is 213 g/mol. The molecule has 0 aliphatic heterocycles. The Morgan fingerprint density at radius 1 is 1.33 bits per heavy atom. The molecule has 1 fully saturated rings. The van der Waals surface area contributed by atoms with Crippen molar-refractivity contribution in [3.63, 3.8) is 0 Å². The van der Waals surface area contributed by atoms with Crippen LogP contribution in [0.1, 0.15) is 51.9 Å². The van der Waals surface area contributed by atoms with Crippen LogP contribution in [0.4, 0.5) is 0 Å². The lowest BCUT2D eigenvalue weighted by Gasteiger charge is -2.22. The Morgan fingerprint density at radius 3 is 2.80 bits per heavy atom. The lowest BCUT2D eigenvalue weighted by Crippen LogP contribution is -2.35. The molecule has 3 nitrogen and oxygen atoms in total. The standard InChI is InChI=1S/C12H23NO2/c1-10-6-3-2-4-7-11(10)13-9-5-8-12(14)15/h10-11,13H,2-9H2,1H3,(H,14,15). The van der Waals surface area contributed by atoms with Gasteiger partial charge < -0.3 is 10.4 Å². The van der Waals surface area contributed by atoms with Crippen LogP contribution in [0.2, 0.25) is 0 Å². The highest BCUT2D eigenvalue weighted by molar-refractivity contribution is 5.66. The van der Waals surface area contributed by atoms with Gasteiger partial charge in [0.1, 0.15) is 0 Å². The van der Waals surface area contributed by atoms with Gasteiger partial charge in [-0.1, -0.05) is 26.2 Å². The van der Waals surface area contributed by atoms with Crippen LogP contribution in [0.3, 0.4) is 0 Å². The summed E-state index contributed by atoms with van der Waals surface area (Å²) < 4.78 is 0. The minimum absolute atomic E-state index is 0.286. The third-order valence-corrected chi connectivity index (χ3v) is 3.34. The summed E-state index contributed by atoms with van der Waals surface area (Å²) in [4.78, 5) is 10.3. The number of rotatable bonds is 5. The van der Waals surface area contributed by atoms with Crippen LogP contribution >= 0.6 is 0 Å². The van der Waals surface area contributed by atoms with Gasteiger partial charge in [-0.2, -0.15) is 0 Å². The van der Waals surface area contributed by atoms with Gasteiger partial charge in [-0.25, -0.2) is 0 Å². The van der Waals surface area contributed by atoms with E-state index in [9.17, 15) is 4.79 Å². The van der Waals surface area contributed by atoms with Gasteiger partial charge in [-0.3, -0.25) is 4.79 Å². The fourth-order valence-corrected chi connectivity index (χ4v) is 2.32. The molecule has 88 valence electrons. The molecule has 0 bridgehead atoms. The molecule has 1 rings (SSSR count). The second-order valence-corrected chi connectivity index (χ2v) is 4.67. The Morgan fingerprint density at radius 2 is 2.07 bits per heavy atom. The van der Waals surface area contributed by atoms with Gasteiger partial charge in [0.05, 0.1) is 0 Å². The minimum Gasteiger partial charge on any atom is -0.481 e. The summed E-state index contributed by atoms with van der Waals surface area (Å²) in [6.07, 6.45) is 7.64. The Bertz CT molecular complexity index is 194. The number of carboxylic acids is 1. The molecule has 0 heterocycles. The molecule has 1 aliphatic rings. The highest BCUT2D eigenvalue weighted by Crippen LogP contribution is 2.22. The first-order valence-electron chi connectivity index (χ1n) is 6.15. The van der Waals surface area contributed by atoms with Crippen molar-refractivity contribution < 1.29 is 9.90 Å². The zero-order valence-electron chi connectivity index (χ0n) is 9.67. The summed E-state index contributed by atoms with van der Waals surface area (Å²) >= 11 is 0. The van der Waals surface area contributed by atoms with E-state index in [1.807, 2.05) is 0 Å². The number of carboxylic acid groups (broad SMARTS) is 1. The smallest absolute Gasteiger partial charge is 0.303 e. The van der Waals surface area contributed by atoms with Crippen LogP contribution in [0, 0.1) is 5.92 Å². The van der Waals surface area contributed by atoms with Gasteiger partial charge in [-0.05, 0) is 31.7 Å². The molecule has 0 aromatic carbocycles. The van der Waals surface area contributed by atoms with E-state index in [0.29, 0.717) is 6.04 Å². The maximum Gasteiger partial charge on any atom is 0.303 e. The summed E-state index contributed by atoms with van der Waals surface area (Å²) in [5.41, 5.74) is 0. The minimum atomic E-state index is -0.689. The van der Waals surface area contributed by atoms with Gasteiger partial charge >= 0.3 is 5.97 Å². The van der Waals surface area contributed by atoms with Crippen molar-refractivity contribution in [2.75, 3.05) is 6.54 Å². The molecule has 0 amide bonds. The van der Waals surface area contributed by atoms with Crippen LogP contribution < -0.4 is 5.32 Å². The largest absolute Gasteiger partial charge is 0.481 e. The van der Waals surface area contributed by atoms with Crippen molar-refractivity contribution in [1.29, 1.82) is 0 Å². The van der Waals surface area contributed by atoms with Crippen molar-refractivity contribution in [3.05, 3.63) is 0 Å². The Balaban J connectivity index is 2.15. The van der Waals surface area contributed by atoms with E-state index in [1.165, 1.54) is 32.1 Å². The molecule has 0 aromatic rings. The lowest BCUT2D eigenvalue weighted by molar-refractivity contribution is -0.137. The molecule has 3 heteroatoms. The van der Waals surface area contributed by atoms with Crippen molar-refractivity contribution in [3.8, 4) is 0 Å². The van der Waals surface area contributed by atoms with Gasteiger partial charge in [0.2, 0.25) is 0 Å². The van der Waals surface area contributed by atoms with E-state index in [0.717, 1.165) is 18.9 Å². The topological polar surface area (TPSA) is 49.3 Å². The van der Waals surface area contributed by atoms with Crippen LogP contribution in [-0.2, 0) is 4.79 Å². The Kier molecular flexibility index (Phi) is 5.69. The van der Waals surface area contributed by atoms with Gasteiger partial charge in [-0.15, -0.1) is 0 Å². The van der Waals surface area contributed by atoms with E-state index in [2.05, 4.69) is 12.2 Å². The normalized spacial score (nSPS) is 27.3. The molecule has 2 N–H and O–H groups in total. The van der Waals surface area contributed by atoms with E-state index >= 15 is 0 Å². The van der Waals surface area contributed by atoms with Crippen LogP contribution in [-0.4, -0.2) is 23.7 Å². The zero-order valence-corrected chi connectivity index (χ0v) is 9.67. The van der Waals surface area contributed by atoms with Crippen LogP contribution in [0.25, 0.3) is 0 Å². The summed E-state index contributed by atoms with van der Waals surface area (Å²) in [5, 5.41) is 12.0. The Hall–Kier alpha value is -0.570. The summed E-state index contributed by atoms with van der Waals surface area (Å²) in [5.74, 6) is 0.0584. The maximum atomic E-state index is 10.3. The number of aliphatic carboxylic acids is 1. The third-order valence-electron chi connectivity index (χ3n) is 3.34. The molecular formula is C12H23NO2. The van der Waals surface area contributed by atoms with Crippen molar-refractivity contribution in [1.82, 2.24) is 5.32 Å². The maximum absolute atomic E-state index is 10.3. The first-order valence-corrected chi connectivity index (χ1v) is 6.15. The van der Waals surface area contributed by atoms with Crippen molar-refractivity contribution in [2.45, 2.75) is 57.9 Å². The number of hydrogen-bond donors (Lipinski definition) is 2. The third kappa shape index (κ3) is 5.17. The van der Waals surface area contributed by atoms with E-state index in [-0.39, 0.29) is 6.42 Å². The van der Waals surface area contributed by atoms with Gasteiger partial charge in [0, 0.05) is 12.5 Å². The SMILES string of the molecule is CC1CCCCCC1NCCCC(=O)O. The van der Waals surface area contributed by atoms with Gasteiger partial charge in [0.15, 0.2) is 0 Å². The molecule has 1 aliphatic carbocycles. The molecule has 1 saturated carbocycles. The Labute approximate surface area is 92.3 Å². The number of hydrogen-bond acceptors (Lipinski definition) is 2. The van der Waals surface area contributed by atoms with Crippen molar-refractivity contribution >= 4 is 5.97 Å². The predicted molar refractivity (Wildman–Crippen MR) is 60.9 cm³/mol. The monoisotopic (exact) mass is 213 g/mol. The predicted octanol–water partition coefficient (Wildman–Crippen LogP) is 2.41. The highest BCUT2D eigenvalue weighted by Gasteiger charge is 2.18. The molecule has 0 aromatic heterocycles. The molecule has 2 atom stereocenters. The second-order valence-electron chi connectivity index (χ2n) is 4.67. The zero-order chi connectivity index (χ0) is 11.1. The first kappa shape index (κ1) is 12.5. The molecular weight excluding hydrogens is 190 g/mol. The van der Waals surface area contributed by atoms with E-state index in [4.69, 9.17) is 5.11 Å². The summed E-state index contributed by atoms with van der Waals surface area (Å²) in [6.45, 7) is 3.15. The lowest BCUT2D eigenvalue weighted by atomic mass is 9.97. The quantitative estimate of drug-likeness (QED) is 0.544.